The van der Waals surface area contributed by atoms with Crippen LogP contribution in [0.25, 0.3) is 6.08 Å². The molecule has 4 rings (SSSR count). The average Bonchev–Trinajstić information content (AvgIpc) is 2.88. The minimum absolute atomic E-state index is 0.0258. The summed E-state index contributed by atoms with van der Waals surface area (Å²) in [5.74, 6) is -2.08. The smallest absolute Gasteiger partial charge is 0.339 e. The van der Waals surface area contributed by atoms with Gasteiger partial charge in [-0.15, -0.1) is 0 Å². The minimum atomic E-state index is -4.19. The number of carbonyl (C=O) groups is 3. The number of imide groups is 2. The van der Waals surface area contributed by atoms with E-state index in [-0.39, 0.29) is 39.9 Å². The molecule has 0 atom stereocenters. The Morgan fingerprint density at radius 1 is 1.00 bits per heavy atom. The monoisotopic (exact) mass is 551 g/mol. The van der Waals surface area contributed by atoms with E-state index in [2.05, 4.69) is 0 Å². The van der Waals surface area contributed by atoms with Crippen LogP contribution in [-0.4, -0.2) is 37.8 Å². The van der Waals surface area contributed by atoms with Crippen molar-refractivity contribution in [3.8, 4) is 11.5 Å². The van der Waals surface area contributed by atoms with Gasteiger partial charge in [-0.1, -0.05) is 29.8 Å². The van der Waals surface area contributed by atoms with Crippen molar-refractivity contribution in [1.82, 2.24) is 5.32 Å². The molecule has 12 nitrogen and oxygen atoms in total. The number of carbonyl (C=O) groups excluding carboxylic acids is 3. The van der Waals surface area contributed by atoms with Crippen LogP contribution in [0.4, 0.5) is 16.2 Å². The predicted molar refractivity (Wildman–Crippen MR) is 139 cm³/mol. The van der Waals surface area contributed by atoms with E-state index in [1.165, 1.54) is 54.6 Å². The quantitative estimate of drug-likeness (QED) is 0.144. The van der Waals surface area contributed by atoms with Gasteiger partial charge in [0.2, 0.25) is 0 Å². The second-order valence-electron chi connectivity index (χ2n) is 8.22. The highest BCUT2D eigenvalue weighted by Gasteiger charge is 2.37. The molecule has 13 heteroatoms. The van der Waals surface area contributed by atoms with Gasteiger partial charge in [0.1, 0.15) is 10.5 Å². The molecule has 3 aromatic carbocycles. The van der Waals surface area contributed by atoms with Crippen LogP contribution >= 0.6 is 0 Å². The highest BCUT2D eigenvalue weighted by Crippen LogP contribution is 2.33. The van der Waals surface area contributed by atoms with E-state index >= 15 is 0 Å². The van der Waals surface area contributed by atoms with Gasteiger partial charge in [0.15, 0.2) is 11.5 Å². The molecule has 39 heavy (non-hydrogen) atoms. The summed E-state index contributed by atoms with van der Waals surface area (Å²) in [6, 6.07) is 13.9. The molecule has 0 aromatic heterocycles. The van der Waals surface area contributed by atoms with Gasteiger partial charge in [-0.05, 0) is 55.8 Å². The van der Waals surface area contributed by atoms with Crippen LogP contribution in [0.15, 0.2) is 77.2 Å². The molecule has 1 saturated heterocycles. The van der Waals surface area contributed by atoms with E-state index < -0.39 is 38.5 Å². The standard InChI is InChI=1S/C26H21N3O9S/c1-3-37-23-14-17(9-12-22(23)38-39(35,36)20-10-7-16(2)8-11-20)13-21-24(30)27-26(32)28(25(21)31)18-5-4-6-19(15-18)29(33)34/h4-15H,3H2,1-2H3,(H,27,30,32)/b21-13+. The van der Waals surface area contributed by atoms with Crippen LogP contribution in [0, 0.1) is 17.0 Å². The Bertz CT molecular complexity index is 1630. The van der Waals surface area contributed by atoms with E-state index in [1.807, 2.05) is 12.2 Å². The summed E-state index contributed by atoms with van der Waals surface area (Å²) in [6.45, 7) is 3.63. The largest absolute Gasteiger partial charge is 0.490 e. The lowest BCUT2D eigenvalue weighted by molar-refractivity contribution is -0.384. The summed E-state index contributed by atoms with van der Waals surface area (Å²) in [5.41, 5.74) is 0.224. The first-order valence-corrected chi connectivity index (χ1v) is 12.8. The Hall–Kier alpha value is -5.04. The van der Waals surface area contributed by atoms with Gasteiger partial charge >= 0.3 is 16.1 Å². The molecule has 1 aliphatic rings. The third-order valence-electron chi connectivity index (χ3n) is 5.49. The van der Waals surface area contributed by atoms with Crippen LogP contribution < -0.4 is 19.1 Å². The number of urea groups is 1. The van der Waals surface area contributed by atoms with E-state index in [4.69, 9.17) is 8.92 Å². The van der Waals surface area contributed by atoms with E-state index in [0.717, 1.165) is 11.6 Å². The first-order chi connectivity index (χ1) is 18.5. The molecule has 1 fully saturated rings. The van der Waals surface area contributed by atoms with Crippen molar-refractivity contribution >= 4 is 45.4 Å². The molecule has 0 spiro atoms. The number of hydrogen-bond donors (Lipinski definition) is 1. The molecule has 4 amide bonds. The maximum Gasteiger partial charge on any atom is 0.339 e. The Labute approximate surface area is 222 Å². The number of nitrogens with zero attached hydrogens (tertiary/aromatic N) is 2. The normalized spacial score (nSPS) is 14.8. The number of amides is 4. The van der Waals surface area contributed by atoms with Crippen molar-refractivity contribution in [1.29, 1.82) is 0 Å². The summed E-state index contributed by atoms with van der Waals surface area (Å²) >= 11 is 0. The first kappa shape index (κ1) is 27.0. The zero-order chi connectivity index (χ0) is 28.3. The highest BCUT2D eigenvalue weighted by atomic mass is 32.2. The number of barbiturate groups is 1. The summed E-state index contributed by atoms with van der Waals surface area (Å²) in [5, 5.41) is 13.2. The van der Waals surface area contributed by atoms with Gasteiger partial charge in [-0.2, -0.15) is 8.42 Å². The van der Waals surface area contributed by atoms with Crippen LogP contribution in [0.3, 0.4) is 0 Å². The summed E-state index contributed by atoms with van der Waals surface area (Å²) < 4.78 is 36.3. The van der Waals surface area contributed by atoms with Crippen molar-refractivity contribution in [3.63, 3.8) is 0 Å². The maximum absolute atomic E-state index is 13.1. The van der Waals surface area contributed by atoms with Crippen molar-refractivity contribution in [2.75, 3.05) is 11.5 Å². The summed E-state index contributed by atoms with van der Waals surface area (Å²) in [7, 11) is -4.19. The lowest BCUT2D eigenvalue weighted by Gasteiger charge is -2.26. The fourth-order valence-electron chi connectivity index (χ4n) is 3.63. The Morgan fingerprint density at radius 3 is 2.38 bits per heavy atom. The fraction of sp³-hybridized carbons (Fsp3) is 0.115. The van der Waals surface area contributed by atoms with E-state index in [1.54, 1.807) is 19.1 Å². The van der Waals surface area contributed by atoms with E-state index in [9.17, 15) is 32.9 Å². The van der Waals surface area contributed by atoms with Crippen molar-refractivity contribution in [2.24, 2.45) is 0 Å². The fourth-order valence-corrected chi connectivity index (χ4v) is 4.57. The lowest BCUT2D eigenvalue weighted by atomic mass is 10.1. The van der Waals surface area contributed by atoms with Crippen LogP contribution in [-0.2, 0) is 19.7 Å². The molecule has 3 aromatic rings. The first-order valence-electron chi connectivity index (χ1n) is 11.4. The number of nitro groups is 1. The molecule has 1 N–H and O–H groups in total. The number of aryl methyl sites for hydroxylation is 1. The number of rotatable bonds is 8. The molecule has 0 aliphatic carbocycles. The van der Waals surface area contributed by atoms with Crippen molar-refractivity contribution < 1.29 is 36.6 Å². The SMILES string of the molecule is CCOc1cc(/C=C2\C(=O)NC(=O)N(c3cccc([N+](=O)[O-])c3)C2=O)ccc1OS(=O)(=O)c1ccc(C)cc1. The van der Waals surface area contributed by atoms with Gasteiger partial charge in [0, 0.05) is 12.1 Å². The minimum Gasteiger partial charge on any atom is -0.490 e. The average molecular weight is 552 g/mol. The predicted octanol–water partition coefficient (Wildman–Crippen LogP) is 3.74. The molecule has 0 unspecified atom stereocenters. The number of benzene rings is 3. The Morgan fingerprint density at radius 2 is 1.72 bits per heavy atom. The third-order valence-corrected chi connectivity index (χ3v) is 6.74. The second kappa shape index (κ2) is 10.8. The highest BCUT2D eigenvalue weighted by molar-refractivity contribution is 7.87. The molecular weight excluding hydrogens is 530 g/mol. The molecule has 0 bridgehead atoms. The van der Waals surface area contributed by atoms with Gasteiger partial charge in [0.25, 0.3) is 17.5 Å². The Balaban J connectivity index is 1.68. The van der Waals surface area contributed by atoms with Gasteiger partial charge in [0.05, 0.1) is 17.2 Å². The molecular formula is C26H21N3O9S. The zero-order valence-corrected chi connectivity index (χ0v) is 21.4. The molecule has 200 valence electrons. The zero-order valence-electron chi connectivity index (χ0n) is 20.6. The molecule has 1 heterocycles. The summed E-state index contributed by atoms with van der Waals surface area (Å²) in [4.78, 5) is 49.1. The van der Waals surface area contributed by atoms with Gasteiger partial charge in [-0.3, -0.25) is 25.0 Å². The van der Waals surface area contributed by atoms with Crippen LogP contribution in [0.5, 0.6) is 11.5 Å². The van der Waals surface area contributed by atoms with E-state index in [0.29, 0.717) is 4.90 Å². The van der Waals surface area contributed by atoms with Crippen LogP contribution in [0.2, 0.25) is 0 Å². The summed E-state index contributed by atoms with van der Waals surface area (Å²) in [6.07, 6.45) is 1.18. The second-order valence-corrected chi connectivity index (χ2v) is 9.77. The van der Waals surface area contributed by atoms with Gasteiger partial charge in [-0.25, -0.2) is 9.69 Å². The number of nitrogens with one attached hydrogen (secondary N) is 1. The lowest BCUT2D eigenvalue weighted by Crippen LogP contribution is -2.54. The molecule has 1 aliphatic heterocycles. The number of anilines is 1. The Kier molecular flexibility index (Phi) is 7.44. The van der Waals surface area contributed by atoms with Gasteiger partial charge < -0.3 is 8.92 Å². The number of ether oxygens (including phenoxy) is 1. The van der Waals surface area contributed by atoms with Crippen molar-refractivity contribution in [3.05, 3.63) is 93.5 Å². The van der Waals surface area contributed by atoms with Crippen LogP contribution in [0.1, 0.15) is 18.1 Å². The van der Waals surface area contributed by atoms with Crippen molar-refractivity contribution in [2.45, 2.75) is 18.7 Å². The molecule has 0 saturated carbocycles. The maximum atomic E-state index is 13.1. The third kappa shape index (κ3) is 5.78. The topological polar surface area (TPSA) is 162 Å². The number of nitro benzene ring substituents is 1. The number of hydrogen-bond acceptors (Lipinski definition) is 9. The number of non-ortho nitro benzene ring substituents is 1. The molecule has 0 radical (unpaired) electrons.